The van der Waals surface area contributed by atoms with E-state index in [4.69, 9.17) is 26.1 Å². The van der Waals surface area contributed by atoms with Crippen LogP contribution in [0.25, 0.3) is 10.6 Å². The van der Waals surface area contributed by atoms with Gasteiger partial charge in [-0.25, -0.2) is 9.78 Å². The van der Waals surface area contributed by atoms with Crippen LogP contribution in [0.3, 0.4) is 0 Å². The highest BCUT2D eigenvalue weighted by Gasteiger charge is 2.24. The lowest BCUT2D eigenvalue weighted by molar-refractivity contribution is 0.104. The fourth-order valence-electron chi connectivity index (χ4n) is 4.31. The molecule has 0 bridgehead atoms. The van der Waals surface area contributed by atoms with Crippen LogP contribution in [-0.2, 0) is 11.3 Å². The molecule has 2 aromatic heterocycles. The summed E-state index contributed by atoms with van der Waals surface area (Å²) in [6.07, 6.45) is 8.33. The molecule has 0 saturated heterocycles. The molecule has 174 valence electrons. The maximum Gasteiger partial charge on any atom is 0.409 e. The molecule has 2 aliphatic carbocycles. The van der Waals surface area contributed by atoms with Gasteiger partial charge in [0.05, 0.1) is 26.7 Å². The number of amides is 1. The van der Waals surface area contributed by atoms with E-state index in [2.05, 4.69) is 6.92 Å². The number of hydrogen-bond donors (Lipinski definition) is 0. The van der Waals surface area contributed by atoms with Crippen molar-refractivity contribution in [3.63, 3.8) is 0 Å². The van der Waals surface area contributed by atoms with Gasteiger partial charge in [0.15, 0.2) is 0 Å². The van der Waals surface area contributed by atoms with Crippen LogP contribution >= 0.6 is 22.9 Å². The zero-order valence-corrected chi connectivity index (χ0v) is 20.8. The topological polar surface area (TPSA) is 51.7 Å². The number of aryl methyl sites for hydroxylation is 1. The summed E-state index contributed by atoms with van der Waals surface area (Å²) in [5.74, 6) is 2.35. The Balaban J connectivity index is 1.40. The molecule has 5 nitrogen and oxygen atoms in total. The number of ether oxygens (including phenoxy) is 2. The van der Waals surface area contributed by atoms with Crippen LogP contribution in [0.5, 0.6) is 5.75 Å². The summed E-state index contributed by atoms with van der Waals surface area (Å²) in [6.45, 7) is 5.20. The van der Waals surface area contributed by atoms with Crippen molar-refractivity contribution < 1.29 is 14.3 Å². The van der Waals surface area contributed by atoms with Gasteiger partial charge in [-0.15, -0.1) is 11.3 Å². The van der Waals surface area contributed by atoms with Crippen molar-refractivity contribution in [1.82, 2.24) is 9.88 Å². The minimum absolute atomic E-state index is 0.185. The van der Waals surface area contributed by atoms with Crippen LogP contribution in [-0.4, -0.2) is 35.7 Å². The molecule has 0 N–H and O–H groups in total. The Bertz CT molecular complexity index is 943. The number of hydrogen-bond acceptors (Lipinski definition) is 5. The molecule has 2 aromatic rings. The molecule has 0 spiro atoms. The van der Waals surface area contributed by atoms with Crippen molar-refractivity contribution in [2.45, 2.75) is 71.5 Å². The molecule has 2 saturated carbocycles. The zero-order valence-electron chi connectivity index (χ0n) is 19.2. The molecule has 32 heavy (non-hydrogen) atoms. The fraction of sp³-hybridized carbons (Fsp3) is 0.600. The second-order valence-electron chi connectivity index (χ2n) is 9.40. The van der Waals surface area contributed by atoms with Gasteiger partial charge in [-0.1, -0.05) is 37.8 Å². The van der Waals surface area contributed by atoms with Crippen LogP contribution in [0.15, 0.2) is 18.2 Å². The first kappa shape index (κ1) is 23.4. The molecule has 2 fully saturated rings. The van der Waals surface area contributed by atoms with Crippen molar-refractivity contribution in [3.05, 3.63) is 33.8 Å². The van der Waals surface area contributed by atoms with Crippen LogP contribution in [0.2, 0.25) is 4.34 Å². The minimum Gasteiger partial charge on any atom is -0.489 e. The first-order chi connectivity index (χ1) is 15.4. The molecule has 7 heteroatoms. The van der Waals surface area contributed by atoms with Crippen molar-refractivity contribution in [2.24, 2.45) is 11.8 Å². The molecule has 0 aromatic carbocycles. The molecule has 0 unspecified atom stereocenters. The van der Waals surface area contributed by atoms with Crippen molar-refractivity contribution in [2.75, 3.05) is 13.6 Å². The Morgan fingerprint density at radius 2 is 2.09 bits per heavy atom. The summed E-state index contributed by atoms with van der Waals surface area (Å²) in [4.78, 5) is 19.7. The Morgan fingerprint density at radius 1 is 1.28 bits per heavy atom. The normalized spacial score (nSPS) is 20.8. The number of carbonyl (C=O) groups is 1. The largest absolute Gasteiger partial charge is 0.489 e. The zero-order chi connectivity index (χ0) is 22.7. The summed E-state index contributed by atoms with van der Waals surface area (Å²) in [7, 11) is 1.79. The Hall–Kier alpha value is -1.79. The summed E-state index contributed by atoms with van der Waals surface area (Å²) in [5.41, 5.74) is 2.58. The number of aromatic nitrogens is 1. The van der Waals surface area contributed by atoms with Gasteiger partial charge in [-0.3, -0.25) is 0 Å². The number of nitrogens with zero attached hydrogens (tertiary/aromatic N) is 2. The second-order valence-corrected chi connectivity index (χ2v) is 11.1. The monoisotopic (exact) mass is 476 g/mol. The lowest BCUT2D eigenvalue weighted by Gasteiger charge is -2.27. The predicted molar refractivity (Wildman–Crippen MR) is 130 cm³/mol. The average Bonchev–Trinajstić information content (AvgIpc) is 3.52. The third kappa shape index (κ3) is 6.16. The first-order valence-electron chi connectivity index (χ1n) is 11.7. The smallest absolute Gasteiger partial charge is 0.409 e. The van der Waals surface area contributed by atoms with E-state index < -0.39 is 0 Å². The van der Waals surface area contributed by atoms with E-state index in [9.17, 15) is 4.79 Å². The number of carbonyl (C=O) groups excluding carboxylic acids is 1. The quantitative estimate of drug-likeness (QED) is 0.407. The summed E-state index contributed by atoms with van der Waals surface area (Å²) >= 11 is 7.77. The molecule has 2 aliphatic rings. The van der Waals surface area contributed by atoms with Gasteiger partial charge in [-0.2, -0.15) is 0 Å². The molecule has 0 radical (unpaired) electrons. The minimum atomic E-state index is -0.298. The molecular formula is C25H33ClN2O3S. The molecule has 2 heterocycles. The molecule has 4 rings (SSSR count). The Kier molecular flexibility index (Phi) is 7.62. The van der Waals surface area contributed by atoms with E-state index in [1.807, 2.05) is 25.1 Å². The van der Waals surface area contributed by atoms with Crippen LogP contribution in [0.4, 0.5) is 4.79 Å². The lowest BCUT2D eigenvalue weighted by atomic mass is 9.89. The van der Waals surface area contributed by atoms with Gasteiger partial charge in [0.2, 0.25) is 0 Å². The van der Waals surface area contributed by atoms with Crippen molar-refractivity contribution in [1.29, 1.82) is 0 Å². The highest BCUT2D eigenvalue weighted by atomic mass is 35.5. The molecule has 1 amide bonds. The van der Waals surface area contributed by atoms with Crippen LogP contribution in [0.1, 0.15) is 63.1 Å². The number of pyridine rings is 1. The van der Waals surface area contributed by atoms with E-state index in [1.54, 1.807) is 11.9 Å². The van der Waals surface area contributed by atoms with Crippen molar-refractivity contribution >= 4 is 29.0 Å². The highest BCUT2D eigenvalue weighted by molar-refractivity contribution is 7.19. The Labute approximate surface area is 200 Å². The van der Waals surface area contributed by atoms with E-state index in [0.29, 0.717) is 10.3 Å². The van der Waals surface area contributed by atoms with Gasteiger partial charge >= 0.3 is 6.09 Å². The van der Waals surface area contributed by atoms with E-state index in [-0.39, 0.29) is 18.8 Å². The van der Waals surface area contributed by atoms with Crippen LogP contribution in [0, 0.1) is 18.8 Å². The van der Waals surface area contributed by atoms with Gasteiger partial charge in [0, 0.05) is 19.2 Å². The van der Waals surface area contributed by atoms with Gasteiger partial charge in [0.1, 0.15) is 12.4 Å². The fourth-order valence-corrected chi connectivity index (χ4v) is 5.53. The second kappa shape index (κ2) is 10.4. The van der Waals surface area contributed by atoms with Crippen LogP contribution < -0.4 is 4.74 Å². The van der Waals surface area contributed by atoms with Crippen molar-refractivity contribution in [3.8, 4) is 16.3 Å². The summed E-state index contributed by atoms with van der Waals surface area (Å²) < 4.78 is 12.5. The van der Waals surface area contributed by atoms with E-state index >= 15 is 0 Å². The average molecular weight is 477 g/mol. The molecular weight excluding hydrogens is 444 g/mol. The maximum absolute atomic E-state index is 12.4. The SMILES string of the molecule is Cc1nc(-c2sc(Cl)cc2COC(=O)N(C)CCC2CC2)ccc1O[C@H]1CCC[C@H](C)C1. The Morgan fingerprint density at radius 3 is 2.81 bits per heavy atom. The number of rotatable bonds is 8. The highest BCUT2D eigenvalue weighted by Crippen LogP contribution is 2.37. The first-order valence-corrected chi connectivity index (χ1v) is 12.9. The molecule has 2 atom stereocenters. The third-order valence-corrected chi connectivity index (χ3v) is 7.79. The third-order valence-electron chi connectivity index (χ3n) is 6.46. The van der Waals surface area contributed by atoms with Gasteiger partial charge in [-0.05, 0) is 62.6 Å². The standard InChI is InChI=1S/C25H33ClN2O3S/c1-16-5-4-6-20(13-16)31-22-10-9-21(27-17(22)2)24-19(14-23(26)32-24)15-30-25(29)28(3)12-11-18-7-8-18/h9-10,14,16,18,20H,4-8,11-13,15H2,1-3H3/t16-,20-/m0/s1. The van der Waals surface area contributed by atoms with Gasteiger partial charge in [0.25, 0.3) is 0 Å². The number of thiophene rings is 1. The summed E-state index contributed by atoms with van der Waals surface area (Å²) in [5, 5.41) is 0. The lowest BCUT2D eigenvalue weighted by Crippen LogP contribution is -2.28. The number of halogens is 1. The van der Waals surface area contributed by atoms with Gasteiger partial charge < -0.3 is 14.4 Å². The van der Waals surface area contributed by atoms with E-state index in [1.165, 1.54) is 37.0 Å². The van der Waals surface area contributed by atoms with E-state index in [0.717, 1.165) is 59.3 Å². The summed E-state index contributed by atoms with van der Waals surface area (Å²) in [6, 6.07) is 5.85. The predicted octanol–water partition coefficient (Wildman–Crippen LogP) is 7.10. The molecule has 0 aliphatic heterocycles. The maximum atomic E-state index is 12.4.